The zero-order valence-corrected chi connectivity index (χ0v) is 13.0. The van der Waals surface area contributed by atoms with Crippen LogP contribution in [-0.2, 0) is 10.3 Å². The van der Waals surface area contributed by atoms with Gasteiger partial charge in [-0.05, 0) is 38.0 Å². The fraction of sp³-hybridized carbons (Fsp3) is 0.625. The van der Waals surface area contributed by atoms with Crippen LogP contribution in [0.25, 0.3) is 0 Å². The van der Waals surface area contributed by atoms with Crippen LogP contribution in [0.15, 0.2) is 18.2 Å². The van der Waals surface area contributed by atoms with Crippen LogP contribution >= 0.6 is 0 Å². The number of benzene rings is 1. The molecule has 1 aliphatic rings. The largest absolute Gasteiger partial charge is 0.497 e. The molecule has 2 rings (SSSR count). The maximum atomic E-state index is 9.90. The summed E-state index contributed by atoms with van der Waals surface area (Å²) in [6.07, 6.45) is 2.38. The number of hydrogen-bond donors (Lipinski definition) is 2. The summed E-state index contributed by atoms with van der Waals surface area (Å²) in [6.45, 7) is 3.45. The van der Waals surface area contributed by atoms with Crippen molar-refractivity contribution in [2.24, 2.45) is 0 Å². The first-order chi connectivity index (χ1) is 10.1. The van der Waals surface area contributed by atoms with Crippen LogP contribution in [0.1, 0.15) is 25.3 Å². The molecule has 5 heteroatoms. The molecule has 5 nitrogen and oxygen atoms in total. The van der Waals surface area contributed by atoms with Crippen molar-refractivity contribution in [2.45, 2.75) is 31.4 Å². The van der Waals surface area contributed by atoms with Crippen molar-refractivity contribution in [2.75, 3.05) is 34.0 Å². The molecule has 0 amide bonds. The third-order valence-corrected chi connectivity index (χ3v) is 4.06. The highest BCUT2D eigenvalue weighted by Gasteiger charge is 2.30. The Morgan fingerprint density at radius 3 is 2.76 bits per heavy atom. The predicted molar refractivity (Wildman–Crippen MR) is 81.0 cm³/mol. The molecule has 1 heterocycles. The molecule has 2 unspecified atom stereocenters. The summed E-state index contributed by atoms with van der Waals surface area (Å²) in [5.74, 6) is 1.47. The van der Waals surface area contributed by atoms with Crippen LogP contribution in [0.2, 0.25) is 0 Å². The van der Waals surface area contributed by atoms with Crippen molar-refractivity contribution >= 4 is 0 Å². The second kappa shape index (κ2) is 7.11. The van der Waals surface area contributed by atoms with Crippen LogP contribution < -0.4 is 14.8 Å². The van der Waals surface area contributed by atoms with Gasteiger partial charge in [-0.2, -0.15) is 0 Å². The highest BCUT2D eigenvalue weighted by molar-refractivity contribution is 5.44. The van der Waals surface area contributed by atoms with Gasteiger partial charge >= 0.3 is 0 Å². The number of aliphatic hydroxyl groups excluding tert-OH is 1. The lowest BCUT2D eigenvalue weighted by molar-refractivity contribution is 0.0904. The molecule has 0 bridgehead atoms. The van der Waals surface area contributed by atoms with Gasteiger partial charge in [-0.15, -0.1) is 0 Å². The van der Waals surface area contributed by atoms with Gasteiger partial charge in [-0.1, -0.05) is 0 Å². The van der Waals surface area contributed by atoms with Crippen LogP contribution in [-0.4, -0.2) is 45.2 Å². The normalized spacial score (nSPS) is 21.0. The van der Waals surface area contributed by atoms with E-state index in [0.29, 0.717) is 6.54 Å². The van der Waals surface area contributed by atoms with Crippen molar-refractivity contribution < 1.29 is 19.3 Å². The standard InChI is InChI=1S/C16H25NO4/c1-16(11-18,17-10-13-5-4-8-21-13)14-9-12(19-2)6-7-15(14)20-3/h6-7,9,13,17-18H,4-5,8,10-11H2,1-3H3. The fourth-order valence-electron chi connectivity index (χ4n) is 2.63. The zero-order chi connectivity index (χ0) is 15.3. The first-order valence-electron chi connectivity index (χ1n) is 7.33. The molecule has 0 spiro atoms. The van der Waals surface area contributed by atoms with Crippen molar-refractivity contribution in [3.63, 3.8) is 0 Å². The molecule has 1 saturated heterocycles. The Hall–Kier alpha value is -1.30. The summed E-state index contributed by atoms with van der Waals surface area (Å²) >= 11 is 0. The lowest BCUT2D eigenvalue weighted by atomic mass is 9.91. The Bertz CT molecular complexity index is 460. The third-order valence-electron chi connectivity index (χ3n) is 4.06. The minimum absolute atomic E-state index is 0.0384. The number of rotatable bonds is 7. The number of hydrogen-bond acceptors (Lipinski definition) is 5. The Morgan fingerprint density at radius 1 is 1.38 bits per heavy atom. The van der Waals surface area contributed by atoms with E-state index in [2.05, 4.69) is 5.32 Å². The number of nitrogens with one attached hydrogen (secondary N) is 1. The fourth-order valence-corrected chi connectivity index (χ4v) is 2.63. The highest BCUT2D eigenvalue weighted by atomic mass is 16.5. The quantitative estimate of drug-likeness (QED) is 0.801. The van der Waals surface area contributed by atoms with Crippen LogP contribution in [0, 0.1) is 0 Å². The SMILES string of the molecule is COc1ccc(OC)c(C(C)(CO)NCC2CCCO2)c1. The van der Waals surface area contributed by atoms with Gasteiger partial charge in [0.05, 0.1) is 32.5 Å². The molecule has 118 valence electrons. The minimum Gasteiger partial charge on any atom is -0.497 e. The smallest absolute Gasteiger partial charge is 0.124 e. The summed E-state index contributed by atoms with van der Waals surface area (Å²) < 4.78 is 16.3. The van der Waals surface area contributed by atoms with Gasteiger partial charge in [0.1, 0.15) is 11.5 Å². The zero-order valence-electron chi connectivity index (χ0n) is 13.0. The lowest BCUT2D eigenvalue weighted by Crippen LogP contribution is -2.46. The molecule has 0 aromatic heterocycles. The topological polar surface area (TPSA) is 60.0 Å². The molecule has 2 atom stereocenters. The van der Waals surface area contributed by atoms with Gasteiger partial charge in [0.25, 0.3) is 0 Å². The summed E-state index contributed by atoms with van der Waals surface area (Å²) in [7, 11) is 3.25. The Balaban J connectivity index is 2.20. The average molecular weight is 295 g/mol. The molecule has 1 fully saturated rings. The molecule has 2 N–H and O–H groups in total. The molecule has 1 aromatic rings. The second-order valence-corrected chi connectivity index (χ2v) is 5.57. The van der Waals surface area contributed by atoms with Gasteiger partial charge in [-0.25, -0.2) is 0 Å². The van der Waals surface area contributed by atoms with E-state index in [0.717, 1.165) is 36.5 Å². The summed E-state index contributed by atoms with van der Waals surface area (Å²) in [4.78, 5) is 0. The maximum Gasteiger partial charge on any atom is 0.124 e. The second-order valence-electron chi connectivity index (χ2n) is 5.57. The van der Waals surface area contributed by atoms with Gasteiger partial charge < -0.3 is 24.6 Å². The van der Waals surface area contributed by atoms with E-state index in [1.807, 2.05) is 25.1 Å². The van der Waals surface area contributed by atoms with E-state index < -0.39 is 5.54 Å². The summed E-state index contributed by atoms with van der Waals surface area (Å²) in [5.41, 5.74) is 0.274. The maximum absolute atomic E-state index is 9.90. The predicted octanol–water partition coefficient (Wildman–Crippen LogP) is 1.68. The molecule has 0 saturated carbocycles. The third kappa shape index (κ3) is 3.67. The minimum atomic E-state index is -0.605. The molecular weight excluding hydrogens is 270 g/mol. The summed E-state index contributed by atoms with van der Waals surface area (Å²) in [5, 5.41) is 13.3. The van der Waals surface area contributed by atoms with E-state index in [1.54, 1.807) is 14.2 Å². The van der Waals surface area contributed by atoms with Crippen molar-refractivity contribution in [3.05, 3.63) is 23.8 Å². The van der Waals surface area contributed by atoms with Crippen LogP contribution in [0.5, 0.6) is 11.5 Å². The van der Waals surface area contributed by atoms with Gasteiger partial charge in [0.15, 0.2) is 0 Å². The molecule has 0 radical (unpaired) electrons. The Labute approximate surface area is 126 Å². The number of aliphatic hydroxyl groups is 1. The first kappa shape index (κ1) is 16.1. The van der Waals surface area contributed by atoms with Crippen LogP contribution in [0.3, 0.4) is 0 Å². The van der Waals surface area contributed by atoms with E-state index in [9.17, 15) is 5.11 Å². The van der Waals surface area contributed by atoms with Gasteiger partial charge in [0.2, 0.25) is 0 Å². The monoisotopic (exact) mass is 295 g/mol. The first-order valence-corrected chi connectivity index (χ1v) is 7.33. The van der Waals surface area contributed by atoms with Crippen molar-refractivity contribution in [1.29, 1.82) is 0 Å². The van der Waals surface area contributed by atoms with E-state index in [4.69, 9.17) is 14.2 Å². The number of ether oxygens (including phenoxy) is 3. The van der Waals surface area contributed by atoms with E-state index in [1.165, 1.54) is 0 Å². The molecular formula is C16H25NO4. The highest BCUT2D eigenvalue weighted by Crippen LogP contribution is 2.33. The molecule has 0 aliphatic carbocycles. The van der Waals surface area contributed by atoms with Crippen LogP contribution in [0.4, 0.5) is 0 Å². The average Bonchev–Trinajstić information content (AvgIpc) is 3.05. The van der Waals surface area contributed by atoms with E-state index >= 15 is 0 Å². The molecule has 1 aromatic carbocycles. The Morgan fingerprint density at radius 2 is 2.19 bits per heavy atom. The lowest BCUT2D eigenvalue weighted by Gasteiger charge is -2.32. The molecule has 21 heavy (non-hydrogen) atoms. The van der Waals surface area contributed by atoms with Gasteiger partial charge in [0, 0.05) is 18.7 Å². The van der Waals surface area contributed by atoms with Gasteiger partial charge in [-0.3, -0.25) is 0 Å². The van der Waals surface area contributed by atoms with Crippen molar-refractivity contribution in [1.82, 2.24) is 5.32 Å². The van der Waals surface area contributed by atoms with E-state index in [-0.39, 0.29) is 12.7 Å². The number of methoxy groups -OCH3 is 2. The van der Waals surface area contributed by atoms with Crippen molar-refractivity contribution in [3.8, 4) is 11.5 Å². The Kier molecular flexibility index (Phi) is 5.45. The molecule has 1 aliphatic heterocycles. The summed E-state index contributed by atoms with van der Waals surface area (Å²) in [6, 6.07) is 5.60.